The van der Waals surface area contributed by atoms with Crippen LogP contribution in [-0.2, 0) is 9.47 Å². The maximum absolute atomic E-state index is 9.91. The van der Waals surface area contributed by atoms with Crippen molar-refractivity contribution in [2.75, 3.05) is 13.2 Å². The van der Waals surface area contributed by atoms with Gasteiger partial charge in [-0.15, -0.1) is 0 Å². The lowest BCUT2D eigenvalue weighted by Gasteiger charge is -2.15. The van der Waals surface area contributed by atoms with E-state index in [1.165, 1.54) is 5.56 Å². The minimum absolute atomic E-state index is 0.261. The molecule has 0 aliphatic carbocycles. The van der Waals surface area contributed by atoms with Gasteiger partial charge in [-0.2, -0.15) is 4.98 Å². The fourth-order valence-corrected chi connectivity index (χ4v) is 4.72. The first kappa shape index (κ1) is 19.8. The van der Waals surface area contributed by atoms with Crippen LogP contribution in [0.1, 0.15) is 0 Å². The maximum Gasteiger partial charge on any atom is 0.295 e. The number of H-pyrrole nitrogens is 1. The number of nitrogens with one attached hydrogen (secondary N) is 1. The van der Waals surface area contributed by atoms with Gasteiger partial charge in [0.15, 0.2) is 6.10 Å². The molecule has 2 N–H and O–H groups in total. The molecule has 3 aromatic carbocycles. The van der Waals surface area contributed by atoms with Gasteiger partial charge in [0.2, 0.25) is 0 Å². The Labute approximate surface area is 189 Å². The van der Waals surface area contributed by atoms with Crippen LogP contribution in [0.25, 0.3) is 33.3 Å². The van der Waals surface area contributed by atoms with E-state index < -0.39 is 6.10 Å². The first-order valence-electron chi connectivity index (χ1n) is 10.6. The Hall–Kier alpha value is -2.90. The second kappa shape index (κ2) is 7.90. The van der Waals surface area contributed by atoms with E-state index in [1.54, 1.807) is 0 Å². The lowest BCUT2D eigenvalue weighted by Crippen LogP contribution is -2.34. The van der Waals surface area contributed by atoms with Crippen molar-refractivity contribution in [1.29, 1.82) is 0 Å². The third-order valence-corrected chi connectivity index (χ3v) is 6.41. The summed E-state index contributed by atoms with van der Waals surface area (Å²) in [6.45, 7) is 0.612. The number of rotatable bonds is 4. The minimum atomic E-state index is -0.612. The summed E-state index contributed by atoms with van der Waals surface area (Å²) in [6.07, 6.45) is -1.57. The second-order valence-corrected chi connectivity index (χ2v) is 8.56. The normalized spacial score (nSPS) is 24.7. The summed E-state index contributed by atoms with van der Waals surface area (Å²) in [6, 6.07) is 22.8. The zero-order valence-electron chi connectivity index (χ0n) is 17.1. The van der Waals surface area contributed by atoms with E-state index in [2.05, 4.69) is 46.4 Å². The number of ether oxygens (including phenoxy) is 3. The summed E-state index contributed by atoms with van der Waals surface area (Å²) in [5.41, 5.74) is 5.79. The Kier molecular flexibility index (Phi) is 4.88. The first-order chi connectivity index (χ1) is 15.7. The van der Waals surface area contributed by atoms with Crippen LogP contribution >= 0.6 is 11.6 Å². The quantitative estimate of drug-likeness (QED) is 0.482. The fraction of sp³-hybridized carbons (Fsp3) is 0.240. The van der Waals surface area contributed by atoms with Crippen LogP contribution in [0.4, 0.5) is 0 Å². The van der Waals surface area contributed by atoms with Crippen LogP contribution in [0.2, 0.25) is 5.02 Å². The van der Waals surface area contributed by atoms with E-state index >= 15 is 0 Å². The van der Waals surface area contributed by atoms with Crippen molar-refractivity contribution in [3.63, 3.8) is 0 Å². The molecule has 7 heteroatoms. The lowest BCUT2D eigenvalue weighted by molar-refractivity contribution is 0.00706. The number of halogens is 1. The van der Waals surface area contributed by atoms with Crippen LogP contribution in [0, 0.1) is 0 Å². The van der Waals surface area contributed by atoms with E-state index in [4.69, 9.17) is 25.8 Å². The van der Waals surface area contributed by atoms with E-state index in [1.807, 2.05) is 30.3 Å². The van der Waals surface area contributed by atoms with Gasteiger partial charge in [0.1, 0.15) is 18.3 Å². The molecule has 0 bridgehead atoms. The van der Waals surface area contributed by atoms with Crippen molar-refractivity contribution in [2.24, 2.45) is 0 Å². The van der Waals surface area contributed by atoms with E-state index in [0.717, 1.165) is 27.7 Å². The number of hydrogen-bond donors (Lipinski definition) is 2. The molecule has 32 heavy (non-hydrogen) atoms. The second-order valence-electron chi connectivity index (χ2n) is 8.15. The zero-order valence-corrected chi connectivity index (χ0v) is 17.8. The highest BCUT2D eigenvalue weighted by Gasteiger charge is 2.48. The predicted octanol–water partition coefficient (Wildman–Crippen LogP) is 4.46. The summed E-state index contributed by atoms with van der Waals surface area (Å²) in [4.78, 5) is 7.76. The molecule has 6 rings (SSSR count). The van der Waals surface area contributed by atoms with E-state index in [-0.39, 0.29) is 24.9 Å². The lowest BCUT2D eigenvalue weighted by atomic mass is 10.00. The largest absolute Gasteiger partial charge is 0.456 e. The van der Waals surface area contributed by atoms with Crippen molar-refractivity contribution in [3.05, 3.63) is 71.8 Å². The molecule has 0 radical (unpaired) electrons. The Bertz CT molecular complexity index is 1260. The van der Waals surface area contributed by atoms with E-state index in [0.29, 0.717) is 17.6 Å². The van der Waals surface area contributed by atoms with Crippen LogP contribution < -0.4 is 4.74 Å². The number of aliphatic hydroxyl groups is 1. The van der Waals surface area contributed by atoms with Crippen molar-refractivity contribution >= 4 is 22.6 Å². The number of aromatic amines is 1. The zero-order chi connectivity index (χ0) is 21.7. The molecule has 2 fully saturated rings. The maximum atomic E-state index is 9.91. The van der Waals surface area contributed by atoms with Crippen LogP contribution in [0.15, 0.2) is 66.7 Å². The Morgan fingerprint density at radius 3 is 2.44 bits per heavy atom. The fourth-order valence-electron chi connectivity index (χ4n) is 4.45. The molecule has 0 spiro atoms. The number of aliphatic hydroxyl groups excluding tert-OH is 1. The molecule has 6 nitrogen and oxygen atoms in total. The molecule has 2 aliphatic heterocycles. The van der Waals surface area contributed by atoms with E-state index in [9.17, 15) is 5.11 Å². The molecule has 0 saturated carbocycles. The number of hydrogen-bond acceptors (Lipinski definition) is 5. The van der Waals surface area contributed by atoms with Gasteiger partial charge in [-0.05, 0) is 28.8 Å². The summed E-state index contributed by atoms with van der Waals surface area (Å²) in [5, 5.41) is 10.5. The summed E-state index contributed by atoms with van der Waals surface area (Å²) >= 11 is 6.61. The van der Waals surface area contributed by atoms with Crippen molar-refractivity contribution in [3.8, 4) is 28.3 Å². The van der Waals surface area contributed by atoms with Crippen molar-refractivity contribution < 1.29 is 19.3 Å². The highest BCUT2D eigenvalue weighted by atomic mass is 35.5. The molecule has 2 unspecified atom stereocenters. The number of imidazole rings is 1. The Morgan fingerprint density at radius 2 is 1.62 bits per heavy atom. The molecular weight excluding hydrogens is 428 g/mol. The van der Waals surface area contributed by atoms with Crippen molar-refractivity contribution in [2.45, 2.75) is 24.4 Å². The Balaban J connectivity index is 1.26. The number of nitrogens with zero attached hydrogens (tertiary/aromatic N) is 1. The first-order valence-corrected chi connectivity index (χ1v) is 11.0. The minimum Gasteiger partial charge on any atom is -0.456 e. The molecule has 4 aromatic rings. The standard InChI is InChI=1S/C25H21ClN2O4/c26-18-11-20-19(27-25(28-20)32-22-13-31-23-21(29)12-30-24(22)23)10-17(18)16-8-6-15(7-9-16)14-4-2-1-3-5-14/h1-11,21-24,29H,12-13H2,(H,27,28)/t21-,22+,23?,24?/m1/s1. The highest BCUT2D eigenvalue weighted by Crippen LogP contribution is 2.34. The van der Waals surface area contributed by atoms with Gasteiger partial charge >= 0.3 is 0 Å². The Morgan fingerprint density at radius 1 is 0.906 bits per heavy atom. The molecule has 3 heterocycles. The topological polar surface area (TPSA) is 76.6 Å². The molecule has 162 valence electrons. The van der Waals surface area contributed by atoms with Crippen LogP contribution in [-0.4, -0.2) is 52.7 Å². The number of aromatic nitrogens is 2. The SMILES string of the molecule is O[C@@H]1COC2C1OC[C@@H]2Oc1nc2cc(-c3ccc(-c4ccccc4)cc3)c(Cl)cc2[nH]1. The van der Waals surface area contributed by atoms with Gasteiger partial charge in [-0.25, -0.2) is 0 Å². The monoisotopic (exact) mass is 448 g/mol. The number of benzene rings is 3. The van der Waals surface area contributed by atoms with Crippen molar-refractivity contribution in [1.82, 2.24) is 9.97 Å². The van der Waals surface area contributed by atoms with Gasteiger partial charge in [-0.1, -0.05) is 66.2 Å². The summed E-state index contributed by atoms with van der Waals surface area (Å²) in [7, 11) is 0. The molecule has 0 amide bonds. The molecular formula is C25H21ClN2O4. The third kappa shape index (κ3) is 3.45. The predicted molar refractivity (Wildman–Crippen MR) is 122 cm³/mol. The van der Waals surface area contributed by atoms with Gasteiger partial charge in [0.05, 0.1) is 29.3 Å². The van der Waals surface area contributed by atoms with Gasteiger partial charge in [0.25, 0.3) is 6.01 Å². The van der Waals surface area contributed by atoms with Gasteiger partial charge < -0.3 is 24.3 Å². The van der Waals surface area contributed by atoms with Gasteiger partial charge in [-0.3, -0.25) is 0 Å². The van der Waals surface area contributed by atoms with Crippen LogP contribution in [0.5, 0.6) is 6.01 Å². The molecule has 1 aromatic heterocycles. The third-order valence-electron chi connectivity index (χ3n) is 6.10. The average molecular weight is 449 g/mol. The molecule has 2 saturated heterocycles. The summed E-state index contributed by atoms with van der Waals surface area (Å²) < 4.78 is 17.2. The number of fused-ring (bicyclic) bond motifs is 2. The van der Waals surface area contributed by atoms with Crippen LogP contribution in [0.3, 0.4) is 0 Å². The smallest absolute Gasteiger partial charge is 0.295 e. The average Bonchev–Trinajstić information content (AvgIpc) is 3.51. The molecule has 2 aliphatic rings. The highest BCUT2D eigenvalue weighted by molar-refractivity contribution is 6.34. The summed E-state index contributed by atoms with van der Waals surface area (Å²) in [5.74, 6) is 0. The molecule has 4 atom stereocenters. The van der Waals surface area contributed by atoms with Gasteiger partial charge in [0, 0.05) is 5.56 Å².